The number of benzene rings is 1. The Morgan fingerprint density at radius 1 is 1.26 bits per heavy atom. The molecule has 3 heterocycles. The molecule has 0 bridgehead atoms. The van der Waals surface area contributed by atoms with Crippen LogP contribution in [0.1, 0.15) is 18.9 Å². The molecule has 1 saturated heterocycles. The van der Waals surface area contributed by atoms with E-state index in [1.165, 1.54) is 24.3 Å². The molecule has 0 saturated carbocycles. The van der Waals surface area contributed by atoms with Crippen LogP contribution in [0, 0.1) is 0 Å². The number of pyridine rings is 2. The maximum Gasteiger partial charge on any atom is 0.329 e. The third kappa shape index (κ3) is 5.88. The Labute approximate surface area is 227 Å². The van der Waals surface area contributed by atoms with Crippen LogP contribution in [0.25, 0.3) is 10.8 Å². The predicted molar refractivity (Wildman–Crippen MR) is 146 cm³/mol. The molecule has 12 nitrogen and oxygen atoms in total. The lowest BCUT2D eigenvalue weighted by molar-refractivity contribution is -0.153. The Morgan fingerprint density at radius 3 is 2.67 bits per heavy atom. The maximum absolute atomic E-state index is 13.4. The molecule has 2 aromatic heterocycles. The van der Waals surface area contributed by atoms with E-state index in [-0.39, 0.29) is 30.9 Å². The number of nitrogens with one attached hydrogen (secondary N) is 1. The fourth-order valence-electron chi connectivity index (χ4n) is 4.56. The molecule has 3 N–H and O–H groups in total. The number of likely N-dealkylation sites (tertiary alicyclic amines) is 1. The van der Waals surface area contributed by atoms with Gasteiger partial charge in [0.15, 0.2) is 0 Å². The van der Waals surface area contributed by atoms with Crippen LogP contribution in [-0.4, -0.2) is 81.6 Å². The molecule has 0 aliphatic carbocycles. The lowest BCUT2D eigenvalue weighted by atomic mass is 10.00. The van der Waals surface area contributed by atoms with E-state index in [1.807, 2.05) is 6.07 Å². The number of nitrogen functional groups attached to an aromatic ring is 1. The van der Waals surface area contributed by atoms with Crippen molar-refractivity contribution in [3.63, 3.8) is 0 Å². The number of rotatable bonds is 10. The van der Waals surface area contributed by atoms with Gasteiger partial charge in [0.1, 0.15) is 34.4 Å². The molecule has 4 rings (SSSR count). The van der Waals surface area contributed by atoms with Crippen LogP contribution >= 0.6 is 0 Å². The lowest BCUT2D eigenvalue weighted by Crippen LogP contribution is -2.48. The molecule has 0 spiro atoms. The third-order valence-corrected chi connectivity index (χ3v) is 8.03. The predicted octanol–water partition coefficient (Wildman–Crippen LogP) is 1.34. The average Bonchev–Trinajstić information content (AvgIpc) is 3.25. The van der Waals surface area contributed by atoms with E-state index < -0.39 is 34.0 Å². The van der Waals surface area contributed by atoms with E-state index in [4.69, 9.17) is 15.2 Å². The van der Waals surface area contributed by atoms with Gasteiger partial charge in [0.2, 0.25) is 15.9 Å². The van der Waals surface area contributed by atoms with Gasteiger partial charge in [0, 0.05) is 44.8 Å². The summed E-state index contributed by atoms with van der Waals surface area (Å²) < 4.78 is 39.3. The minimum atomic E-state index is -4.03. The van der Waals surface area contributed by atoms with E-state index in [0.717, 1.165) is 5.39 Å². The van der Waals surface area contributed by atoms with E-state index in [0.29, 0.717) is 28.3 Å². The molecule has 39 heavy (non-hydrogen) atoms. The zero-order valence-electron chi connectivity index (χ0n) is 22.2. The van der Waals surface area contributed by atoms with E-state index >= 15 is 0 Å². The molecule has 2 unspecified atom stereocenters. The number of aromatic nitrogens is 2. The Hall–Kier alpha value is -3.97. The van der Waals surface area contributed by atoms with Crippen molar-refractivity contribution in [1.82, 2.24) is 19.6 Å². The standard InChI is InChI=1S/C26H32N6O6S/c1-5-38-26(34)21(13-17-12-16-8-10-28-24(27)19(16)14-22(17)37-4)32-11-9-20(25(32)33)30-39(35,36)18-6-7-23(29-15-18)31(2)3/h6-8,10,12,14-15,20-21,30H,5,9,11,13H2,1-4H3,(H2,27,28). The number of fused-ring (bicyclic) bond motifs is 1. The monoisotopic (exact) mass is 556 g/mol. The Kier molecular flexibility index (Phi) is 8.21. The summed E-state index contributed by atoms with van der Waals surface area (Å²) >= 11 is 0. The van der Waals surface area contributed by atoms with Gasteiger partial charge in [-0.15, -0.1) is 0 Å². The summed E-state index contributed by atoms with van der Waals surface area (Å²) in [5, 5.41) is 1.50. The van der Waals surface area contributed by atoms with Gasteiger partial charge in [0.25, 0.3) is 0 Å². The van der Waals surface area contributed by atoms with Gasteiger partial charge in [-0.2, -0.15) is 4.72 Å². The van der Waals surface area contributed by atoms with Crippen LogP contribution in [0.5, 0.6) is 5.75 Å². The van der Waals surface area contributed by atoms with E-state index in [1.54, 1.807) is 50.3 Å². The summed E-state index contributed by atoms with van der Waals surface area (Å²) in [5.74, 6) is 0.319. The number of carbonyl (C=O) groups excluding carboxylic acids is 2. The minimum Gasteiger partial charge on any atom is -0.496 e. The number of nitrogens with two attached hydrogens (primary N) is 1. The van der Waals surface area contributed by atoms with Gasteiger partial charge in [-0.25, -0.2) is 23.2 Å². The molecule has 1 aliphatic rings. The topological polar surface area (TPSA) is 157 Å². The summed E-state index contributed by atoms with van der Waals surface area (Å²) in [5.41, 5.74) is 6.67. The number of nitrogens with zero attached hydrogens (tertiary/aromatic N) is 4. The number of carbonyl (C=O) groups is 2. The van der Waals surface area contributed by atoms with Crippen LogP contribution in [0.3, 0.4) is 0 Å². The lowest BCUT2D eigenvalue weighted by Gasteiger charge is -2.27. The number of hydrogen-bond donors (Lipinski definition) is 2. The average molecular weight is 557 g/mol. The van der Waals surface area contributed by atoms with Crippen molar-refractivity contribution in [2.75, 3.05) is 45.0 Å². The number of anilines is 2. The SMILES string of the molecule is CCOC(=O)C(Cc1cc2ccnc(N)c2cc1OC)N1CCC(NS(=O)(=O)c2ccc(N(C)C)nc2)C1=O. The molecule has 1 fully saturated rings. The first-order valence-corrected chi connectivity index (χ1v) is 13.9. The first kappa shape index (κ1) is 28.0. The number of amides is 1. The smallest absolute Gasteiger partial charge is 0.329 e. The van der Waals surface area contributed by atoms with Crippen LogP contribution < -0.4 is 20.1 Å². The highest BCUT2D eigenvalue weighted by molar-refractivity contribution is 7.89. The van der Waals surface area contributed by atoms with Crippen molar-refractivity contribution < 1.29 is 27.5 Å². The highest BCUT2D eigenvalue weighted by Crippen LogP contribution is 2.31. The molecule has 1 aromatic carbocycles. The highest BCUT2D eigenvalue weighted by Gasteiger charge is 2.41. The van der Waals surface area contributed by atoms with Crippen molar-refractivity contribution >= 4 is 44.3 Å². The second-order valence-electron chi connectivity index (χ2n) is 9.29. The zero-order valence-corrected chi connectivity index (χ0v) is 23.1. The Balaban J connectivity index is 1.59. The number of sulfonamides is 1. The largest absolute Gasteiger partial charge is 0.496 e. The van der Waals surface area contributed by atoms with Gasteiger partial charge < -0.3 is 25.0 Å². The van der Waals surface area contributed by atoms with E-state index in [2.05, 4.69) is 14.7 Å². The van der Waals surface area contributed by atoms with Crippen molar-refractivity contribution in [3.05, 3.63) is 48.3 Å². The Morgan fingerprint density at radius 2 is 2.03 bits per heavy atom. The minimum absolute atomic E-state index is 0.0593. The normalized spacial score (nSPS) is 16.4. The van der Waals surface area contributed by atoms with Gasteiger partial charge in [-0.1, -0.05) is 0 Å². The zero-order chi connectivity index (χ0) is 28.3. The number of methoxy groups -OCH3 is 1. The van der Waals surface area contributed by atoms with Crippen LogP contribution in [0.4, 0.5) is 11.6 Å². The van der Waals surface area contributed by atoms with Crippen LogP contribution in [0.15, 0.2) is 47.6 Å². The fourth-order valence-corrected chi connectivity index (χ4v) is 5.73. The Bertz CT molecular complexity index is 1480. The summed E-state index contributed by atoms with van der Waals surface area (Å²) in [4.78, 5) is 37.8. The second-order valence-corrected chi connectivity index (χ2v) is 11.0. The molecule has 208 valence electrons. The fraction of sp³-hybridized carbons (Fsp3) is 0.385. The number of esters is 1. The molecule has 3 aromatic rings. The molecule has 13 heteroatoms. The summed E-state index contributed by atoms with van der Waals surface area (Å²) in [6, 6.07) is 6.35. The summed E-state index contributed by atoms with van der Waals surface area (Å²) in [7, 11) is 1.06. The molecule has 2 atom stereocenters. The molecule has 0 radical (unpaired) electrons. The van der Waals surface area contributed by atoms with Crippen molar-refractivity contribution in [3.8, 4) is 5.75 Å². The number of hydrogen-bond acceptors (Lipinski definition) is 10. The van der Waals surface area contributed by atoms with Gasteiger partial charge in [-0.3, -0.25) is 4.79 Å². The van der Waals surface area contributed by atoms with Crippen LogP contribution in [-0.2, 0) is 30.8 Å². The van der Waals surface area contributed by atoms with Gasteiger partial charge in [-0.05, 0) is 54.6 Å². The maximum atomic E-state index is 13.4. The second kappa shape index (κ2) is 11.4. The highest BCUT2D eigenvalue weighted by atomic mass is 32.2. The first-order valence-electron chi connectivity index (χ1n) is 12.4. The summed E-state index contributed by atoms with van der Waals surface area (Å²) in [6.45, 7) is 1.97. The van der Waals surface area contributed by atoms with Gasteiger partial charge in [0.05, 0.1) is 13.7 Å². The molecular weight excluding hydrogens is 524 g/mol. The molecule has 1 amide bonds. The van der Waals surface area contributed by atoms with Crippen molar-refractivity contribution in [2.24, 2.45) is 0 Å². The van der Waals surface area contributed by atoms with Crippen molar-refractivity contribution in [1.29, 1.82) is 0 Å². The first-order chi connectivity index (χ1) is 18.6. The third-order valence-electron chi connectivity index (χ3n) is 6.57. The van der Waals surface area contributed by atoms with Crippen molar-refractivity contribution in [2.45, 2.75) is 36.7 Å². The quantitative estimate of drug-likeness (QED) is 0.349. The van der Waals surface area contributed by atoms with Crippen LogP contribution in [0.2, 0.25) is 0 Å². The molecule has 1 aliphatic heterocycles. The summed E-state index contributed by atoms with van der Waals surface area (Å²) in [6.07, 6.45) is 3.11. The number of ether oxygens (including phenoxy) is 2. The van der Waals surface area contributed by atoms with E-state index in [9.17, 15) is 18.0 Å². The molecular formula is C26H32N6O6S. The van der Waals surface area contributed by atoms with Gasteiger partial charge >= 0.3 is 5.97 Å².